The number of nitrogens with zero attached hydrogens (tertiary/aromatic N) is 4. The Kier molecular flexibility index (Phi) is 7.78. The lowest BCUT2D eigenvalue weighted by atomic mass is 10.1. The number of hydrogen-bond donors (Lipinski definition) is 2. The van der Waals surface area contributed by atoms with Gasteiger partial charge in [0.1, 0.15) is 0 Å². The largest absolute Gasteiger partial charge is 0.357 e. The molecule has 1 aliphatic rings. The van der Waals surface area contributed by atoms with E-state index >= 15 is 0 Å². The van der Waals surface area contributed by atoms with Crippen molar-refractivity contribution in [2.24, 2.45) is 4.99 Å². The highest BCUT2D eigenvalue weighted by atomic mass is 32.1. The third kappa shape index (κ3) is 5.94. The SMILES string of the molecule is CCCN1CCC(NC(=NCc2csc(N(C)C)n2)NCC)CC1. The fourth-order valence-corrected chi connectivity index (χ4v) is 3.61. The molecule has 0 aromatic carbocycles. The molecule has 2 heterocycles. The zero-order chi connectivity index (χ0) is 17.4. The number of likely N-dealkylation sites (tertiary alicyclic amines) is 1. The van der Waals surface area contributed by atoms with Gasteiger partial charge in [-0.2, -0.15) is 0 Å². The van der Waals surface area contributed by atoms with Crippen LogP contribution in [0.2, 0.25) is 0 Å². The molecule has 0 spiro atoms. The zero-order valence-corrected chi connectivity index (χ0v) is 16.3. The number of aromatic nitrogens is 1. The molecule has 0 aliphatic carbocycles. The molecule has 2 N–H and O–H groups in total. The van der Waals surface area contributed by atoms with Crippen molar-refractivity contribution in [2.75, 3.05) is 45.2 Å². The molecule has 24 heavy (non-hydrogen) atoms. The van der Waals surface area contributed by atoms with Crippen molar-refractivity contribution in [1.82, 2.24) is 20.5 Å². The van der Waals surface area contributed by atoms with E-state index in [1.165, 1.54) is 38.9 Å². The topological polar surface area (TPSA) is 55.8 Å². The third-order valence-corrected chi connectivity index (χ3v) is 5.19. The minimum absolute atomic E-state index is 0.517. The number of rotatable bonds is 7. The number of hydrogen-bond acceptors (Lipinski definition) is 5. The van der Waals surface area contributed by atoms with E-state index in [0.717, 1.165) is 23.3 Å². The van der Waals surface area contributed by atoms with E-state index in [9.17, 15) is 0 Å². The van der Waals surface area contributed by atoms with Gasteiger partial charge in [0.2, 0.25) is 0 Å². The average Bonchev–Trinajstić information content (AvgIpc) is 3.04. The van der Waals surface area contributed by atoms with Crippen LogP contribution in [0.4, 0.5) is 5.13 Å². The molecule has 1 aromatic rings. The second kappa shape index (κ2) is 9.84. The van der Waals surface area contributed by atoms with Crippen molar-refractivity contribution in [3.63, 3.8) is 0 Å². The fraction of sp³-hybridized carbons (Fsp3) is 0.765. The lowest BCUT2D eigenvalue weighted by Gasteiger charge is -2.32. The molecular formula is C17H32N6S. The Hall–Kier alpha value is -1.34. The standard InChI is InChI=1S/C17H32N6S/c1-5-9-23-10-7-14(8-11-23)20-16(18-6-2)19-12-15-13-24-17(21-15)22(3)4/h13-14H,5-12H2,1-4H3,(H2,18,19,20). The fourth-order valence-electron chi connectivity index (χ4n) is 2.86. The lowest BCUT2D eigenvalue weighted by molar-refractivity contribution is 0.206. The first-order chi connectivity index (χ1) is 11.6. The van der Waals surface area contributed by atoms with Crippen molar-refractivity contribution >= 4 is 22.4 Å². The molecule has 0 radical (unpaired) electrons. The van der Waals surface area contributed by atoms with Crippen LogP contribution < -0.4 is 15.5 Å². The normalized spacial score (nSPS) is 17.1. The summed E-state index contributed by atoms with van der Waals surface area (Å²) < 4.78 is 0. The van der Waals surface area contributed by atoms with Gasteiger partial charge in [-0.25, -0.2) is 9.98 Å². The predicted octanol–water partition coefficient (Wildman–Crippen LogP) is 2.14. The van der Waals surface area contributed by atoms with Gasteiger partial charge in [0.05, 0.1) is 12.2 Å². The molecule has 1 fully saturated rings. The molecule has 0 bridgehead atoms. The number of piperidine rings is 1. The summed E-state index contributed by atoms with van der Waals surface area (Å²) in [6, 6.07) is 0.517. The molecule has 0 atom stereocenters. The molecular weight excluding hydrogens is 320 g/mol. The highest BCUT2D eigenvalue weighted by Gasteiger charge is 2.19. The van der Waals surface area contributed by atoms with Gasteiger partial charge in [-0.05, 0) is 32.7 Å². The second-order valence-corrected chi connectivity index (χ2v) is 7.31. The molecule has 1 aliphatic heterocycles. The number of aliphatic imine (C=N–C) groups is 1. The van der Waals surface area contributed by atoms with Gasteiger partial charge >= 0.3 is 0 Å². The smallest absolute Gasteiger partial charge is 0.191 e. The van der Waals surface area contributed by atoms with Crippen LogP contribution in [0.3, 0.4) is 0 Å². The van der Waals surface area contributed by atoms with E-state index in [0.29, 0.717) is 12.6 Å². The summed E-state index contributed by atoms with van der Waals surface area (Å²) in [5.41, 5.74) is 1.03. The highest BCUT2D eigenvalue weighted by Crippen LogP contribution is 2.18. The van der Waals surface area contributed by atoms with Crippen LogP contribution in [0.15, 0.2) is 10.4 Å². The lowest BCUT2D eigenvalue weighted by Crippen LogP contribution is -2.48. The Balaban J connectivity index is 1.86. The van der Waals surface area contributed by atoms with Gasteiger partial charge in [-0.1, -0.05) is 6.92 Å². The molecule has 136 valence electrons. The first-order valence-corrected chi connectivity index (χ1v) is 9.89. The highest BCUT2D eigenvalue weighted by molar-refractivity contribution is 7.13. The van der Waals surface area contributed by atoms with Crippen LogP contribution >= 0.6 is 11.3 Å². The summed E-state index contributed by atoms with van der Waals surface area (Å²) in [5, 5.41) is 10.1. The first-order valence-electron chi connectivity index (χ1n) is 9.01. The van der Waals surface area contributed by atoms with Crippen LogP contribution in [-0.4, -0.2) is 62.2 Å². The molecule has 7 heteroatoms. The molecule has 0 amide bonds. The minimum Gasteiger partial charge on any atom is -0.357 e. The van der Waals surface area contributed by atoms with Crippen molar-refractivity contribution < 1.29 is 0 Å². The van der Waals surface area contributed by atoms with Gasteiger partial charge < -0.3 is 20.4 Å². The average molecular weight is 353 g/mol. The summed E-state index contributed by atoms with van der Waals surface area (Å²) >= 11 is 1.66. The quantitative estimate of drug-likeness (QED) is 0.582. The van der Waals surface area contributed by atoms with Gasteiger partial charge in [0.15, 0.2) is 11.1 Å². The van der Waals surface area contributed by atoms with E-state index < -0.39 is 0 Å². The van der Waals surface area contributed by atoms with Gasteiger partial charge in [0, 0.05) is 45.2 Å². The maximum absolute atomic E-state index is 4.71. The molecule has 1 saturated heterocycles. The van der Waals surface area contributed by atoms with Crippen LogP contribution in [0.5, 0.6) is 0 Å². The van der Waals surface area contributed by atoms with Crippen molar-refractivity contribution in [2.45, 2.75) is 45.7 Å². The second-order valence-electron chi connectivity index (χ2n) is 6.47. The Morgan fingerprint density at radius 2 is 2.12 bits per heavy atom. The van der Waals surface area contributed by atoms with E-state index in [2.05, 4.69) is 39.7 Å². The predicted molar refractivity (Wildman–Crippen MR) is 104 cm³/mol. The summed E-state index contributed by atoms with van der Waals surface area (Å²) in [7, 11) is 4.03. The summed E-state index contributed by atoms with van der Waals surface area (Å²) in [4.78, 5) is 13.9. The van der Waals surface area contributed by atoms with Gasteiger partial charge in [-0.3, -0.25) is 0 Å². The van der Waals surface area contributed by atoms with Crippen LogP contribution in [-0.2, 0) is 6.54 Å². The Morgan fingerprint density at radius 3 is 2.71 bits per heavy atom. The number of thiazole rings is 1. The maximum Gasteiger partial charge on any atom is 0.191 e. The zero-order valence-electron chi connectivity index (χ0n) is 15.5. The summed E-state index contributed by atoms with van der Waals surface area (Å²) in [6.45, 7) is 9.44. The summed E-state index contributed by atoms with van der Waals surface area (Å²) in [6.07, 6.45) is 3.61. The number of nitrogens with one attached hydrogen (secondary N) is 2. The maximum atomic E-state index is 4.71. The minimum atomic E-state index is 0.517. The van der Waals surface area contributed by atoms with Crippen LogP contribution in [0.25, 0.3) is 0 Å². The van der Waals surface area contributed by atoms with Gasteiger partial charge in [-0.15, -0.1) is 11.3 Å². The van der Waals surface area contributed by atoms with Crippen LogP contribution in [0.1, 0.15) is 38.8 Å². The van der Waals surface area contributed by atoms with Crippen LogP contribution in [0, 0.1) is 0 Å². The monoisotopic (exact) mass is 352 g/mol. The Labute approximate surface area is 150 Å². The van der Waals surface area contributed by atoms with E-state index in [4.69, 9.17) is 4.99 Å². The number of guanidine groups is 1. The third-order valence-electron chi connectivity index (χ3n) is 4.13. The Bertz CT molecular complexity index is 505. The van der Waals surface area contributed by atoms with E-state index in [-0.39, 0.29) is 0 Å². The molecule has 0 unspecified atom stereocenters. The molecule has 6 nitrogen and oxygen atoms in total. The van der Waals surface area contributed by atoms with Crippen molar-refractivity contribution in [3.8, 4) is 0 Å². The van der Waals surface area contributed by atoms with Crippen molar-refractivity contribution in [3.05, 3.63) is 11.1 Å². The number of anilines is 1. The molecule has 1 aromatic heterocycles. The first kappa shape index (κ1) is 19.0. The Morgan fingerprint density at radius 1 is 1.38 bits per heavy atom. The van der Waals surface area contributed by atoms with E-state index in [1.807, 2.05) is 19.0 Å². The summed E-state index contributed by atoms with van der Waals surface area (Å²) in [5.74, 6) is 0.908. The molecule has 2 rings (SSSR count). The molecule has 0 saturated carbocycles. The van der Waals surface area contributed by atoms with E-state index in [1.54, 1.807) is 11.3 Å². The van der Waals surface area contributed by atoms with Crippen molar-refractivity contribution in [1.29, 1.82) is 0 Å². The van der Waals surface area contributed by atoms with Gasteiger partial charge in [0.25, 0.3) is 0 Å².